The molecule has 0 fully saturated rings. The Morgan fingerprint density at radius 3 is 2.15 bits per heavy atom. The highest BCUT2D eigenvalue weighted by Gasteiger charge is 2.36. The van der Waals surface area contributed by atoms with Gasteiger partial charge in [-0.3, -0.25) is 9.55 Å². The van der Waals surface area contributed by atoms with E-state index in [1.54, 1.807) is 0 Å². The van der Waals surface area contributed by atoms with Crippen molar-refractivity contribution in [1.82, 2.24) is 14.5 Å². The Labute approximate surface area is 312 Å². The van der Waals surface area contributed by atoms with Crippen molar-refractivity contribution < 1.29 is 0 Å². The van der Waals surface area contributed by atoms with Crippen molar-refractivity contribution in [3.63, 3.8) is 0 Å². The summed E-state index contributed by atoms with van der Waals surface area (Å²) in [7, 11) is 0. The smallest absolute Gasteiger partial charge is 0.246 e. The minimum absolute atomic E-state index is 0.0220. The number of benzene rings is 6. The summed E-state index contributed by atoms with van der Waals surface area (Å²) >= 11 is 0. The summed E-state index contributed by atoms with van der Waals surface area (Å²) in [5, 5.41) is 0. The largest absolute Gasteiger partial charge is 0.311 e. The summed E-state index contributed by atoms with van der Waals surface area (Å²) < 4.78 is 2.29. The zero-order chi connectivity index (χ0) is 36.2. The normalized spacial score (nSPS) is 12.3. The lowest BCUT2D eigenvalue weighted by atomic mass is 9.35. The number of aryl methyl sites for hydroxylation is 3. The maximum Gasteiger partial charge on any atom is 0.246 e. The second-order valence-corrected chi connectivity index (χ2v) is 14.7. The number of pyridine rings is 1. The van der Waals surface area contributed by atoms with Crippen LogP contribution >= 0.6 is 0 Å². The molecule has 2 aromatic heterocycles. The van der Waals surface area contributed by atoms with Crippen molar-refractivity contribution in [3.05, 3.63) is 174 Å². The summed E-state index contributed by atoms with van der Waals surface area (Å²) in [6.45, 7) is 11.1. The van der Waals surface area contributed by atoms with Crippen LogP contribution in [0, 0.1) is 20.8 Å². The van der Waals surface area contributed by atoms with Crippen molar-refractivity contribution in [2.45, 2.75) is 40.5 Å². The van der Waals surface area contributed by atoms with Crippen LogP contribution in [0.2, 0.25) is 0 Å². The Kier molecular flexibility index (Phi) is 8.08. The lowest BCUT2D eigenvalue weighted by Crippen LogP contribution is -2.57. The van der Waals surface area contributed by atoms with Crippen molar-refractivity contribution in [2.75, 3.05) is 4.90 Å². The molecule has 1 aliphatic rings. The number of nitrogens with zero attached hydrogens (tertiary/aromatic N) is 4. The highest BCUT2D eigenvalue weighted by atomic mass is 15.2. The van der Waals surface area contributed by atoms with Gasteiger partial charge in [-0.2, -0.15) is 0 Å². The average molecular weight is 685 g/mol. The van der Waals surface area contributed by atoms with Gasteiger partial charge in [0.05, 0.1) is 22.4 Å². The fraction of sp³-hybridized carbons (Fsp3) is 0.125. The van der Waals surface area contributed by atoms with E-state index in [0.717, 1.165) is 39.4 Å². The maximum atomic E-state index is 5.28. The molecule has 5 heteroatoms. The molecule has 0 unspecified atom stereocenters. The summed E-state index contributed by atoms with van der Waals surface area (Å²) in [4.78, 5) is 12.6. The van der Waals surface area contributed by atoms with Crippen LogP contribution in [0.1, 0.15) is 42.0 Å². The quantitative estimate of drug-likeness (QED) is 0.164. The van der Waals surface area contributed by atoms with Crippen molar-refractivity contribution in [2.24, 2.45) is 0 Å². The second-order valence-electron chi connectivity index (χ2n) is 14.7. The molecule has 0 saturated heterocycles. The van der Waals surface area contributed by atoms with Gasteiger partial charge in [0, 0.05) is 28.8 Å². The van der Waals surface area contributed by atoms with Crippen LogP contribution in [0.25, 0.3) is 39.4 Å². The Morgan fingerprint density at radius 1 is 0.604 bits per heavy atom. The summed E-state index contributed by atoms with van der Waals surface area (Å²) in [5.41, 5.74) is 18.8. The van der Waals surface area contributed by atoms with Crippen molar-refractivity contribution >= 4 is 51.2 Å². The van der Waals surface area contributed by atoms with Crippen LogP contribution in [-0.4, -0.2) is 21.2 Å². The Morgan fingerprint density at radius 2 is 1.34 bits per heavy atom. The third-order valence-corrected chi connectivity index (χ3v) is 10.7. The molecule has 0 N–H and O–H groups in total. The van der Waals surface area contributed by atoms with E-state index in [1.807, 2.05) is 6.20 Å². The van der Waals surface area contributed by atoms with Gasteiger partial charge >= 0.3 is 0 Å². The number of hydrogen-bond donors (Lipinski definition) is 0. The molecule has 9 rings (SSSR count). The van der Waals surface area contributed by atoms with Gasteiger partial charge < -0.3 is 4.90 Å². The first kappa shape index (κ1) is 32.7. The molecule has 3 heterocycles. The first-order chi connectivity index (χ1) is 25.9. The molecule has 8 aromatic rings. The second kappa shape index (κ2) is 13.1. The number of rotatable bonds is 6. The molecule has 0 amide bonds. The van der Waals surface area contributed by atoms with E-state index < -0.39 is 0 Å². The molecular weight excluding hydrogens is 643 g/mol. The lowest BCUT2D eigenvalue weighted by molar-refractivity contribution is 0.864. The van der Waals surface area contributed by atoms with E-state index in [0.29, 0.717) is 5.92 Å². The topological polar surface area (TPSA) is 34.0 Å². The van der Waals surface area contributed by atoms with Gasteiger partial charge in [-0.1, -0.05) is 116 Å². The molecule has 6 aromatic carbocycles. The Balaban J connectivity index is 1.31. The predicted octanol–water partition coefficient (Wildman–Crippen LogP) is 10.1. The van der Waals surface area contributed by atoms with Gasteiger partial charge in [0.25, 0.3) is 0 Å². The SMILES string of the molecule is Cc1cc(C)c(N2c3ccccc3B(c3cccc(-c4cc(C(C)C)ccn4)c3)c3cc(-c4nc5ccccc5n4-c4ccccc4)ccc32)c(C)c1. The monoisotopic (exact) mass is 684 g/mol. The molecule has 0 aliphatic carbocycles. The zero-order valence-corrected chi connectivity index (χ0v) is 30.9. The lowest BCUT2D eigenvalue weighted by Gasteiger charge is -2.39. The third-order valence-electron chi connectivity index (χ3n) is 10.7. The van der Waals surface area contributed by atoms with Crippen LogP contribution in [-0.2, 0) is 0 Å². The molecule has 1 aliphatic heterocycles. The van der Waals surface area contributed by atoms with E-state index in [1.165, 1.54) is 55.7 Å². The summed E-state index contributed by atoms with van der Waals surface area (Å²) in [6.07, 6.45) is 1.94. The molecular formula is C48H41BN4. The van der Waals surface area contributed by atoms with Crippen LogP contribution in [0.3, 0.4) is 0 Å². The van der Waals surface area contributed by atoms with E-state index in [2.05, 4.69) is 190 Å². The first-order valence-corrected chi connectivity index (χ1v) is 18.6. The molecule has 0 bridgehead atoms. The van der Waals surface area contributed by atoms with Gasteiger partial charge in [-0.15, -0.1) is 0 Å². The predicted molar refractivity (Wildman–Crippen MR) is 224 cm³/mol. The molecule has 53 heavy (non-hydrogen) atoms. The highest BCUT2D eigenvalue weighted by Crippen LogP contribution is 2.41. The molecule has 256 valence electrons. The molecule has 4 nitrogen and oxygen atoms in total. The van der Waals surface area contributed by atoms with Crippen LogP contribution in [0.4, 0.5) is 17.1 Å². The van der Waals surface area contributed by atoms with Crippen molar-refractivity contribution in [3.8, 4) is 28.3 Å². The minimum atomic E-state index is -0.0220. The number of fused-ring (bicyclic) bond motifs is 3. The number of para-hydroxylation sites is 4. The van der Waals surface area contributed by atoms with Crippen LogP contribution in [0.15, 0.2) is 152 Å². The van der Waals surface area contributed by atoms with E-state index in [9.17, 15) is 0 Å². The first-order valence-electron chi connectivity index (χ1n) is 18.6. The molecule has 0 spiro atoms. The number of anilines is 3. The highest BCUT2D eigenvalue weighted by molar-refractivity contribution is 6.98. The third kappa shape index (κ3) is 5.64. The van der Waals surface area contributed by atoms with Gasteiger partial charge in [0.15, 0.2) is 0 Å². The van der Waals surface area contributed by atoms with E-state index in [-0.39, 0.29) is 6.71 Å². The van der Waals surface area contributed by atoms with Crippen molar-refractivity contribution in [1.29, 1.82) is 0 Å². The minimum Gasteiger partial charge on any atom is -0.311 e. The van der Waals surface area contributed by atoms with Gasteiger partial charge in [-0.25, -0.2) is 4.98 Å². The fourth-order valence-corrected chi connectivity index (χ4v) is 8.39. The molecule has 0 atom stereocenters. The zero-order valence-electron chi connectivity index (χ0n) is 30.9. The number of imidazole rings is 1. The molecule has 0 radical (unpaired) electrons. The fourth-order valence-electron chi connectivity index (χ4n) is 8.39. The van der Waals surface area contributed by atoms with Gasteiger partial charge in [0.1, 0.15) is 5.82 Å². The van der Waals surface area contributed by atoms with E-state index in [4.69, 9.17) is 9.97 Å². The standard InChI is InChI=1S/C48H41BN4/c1-31(2)35-24-25-50-43(30-35)36-14-13-15-38(28-36)49-40-18-9-11-20-44(40)53(47-33(4)26-32(3)27-34(47)5)45-23-22-37(29-41(45)49)48-51-42-19-10-12-21-46(42)52(48)39-16-7-6-8-17-39/h6-31H,1-5H3. The van der Waals surface area contributed by atoms with Gasteiger partial charge in [-0.05, 0) is 114 Å². The van der Waals surface area contributed by atoms with Crippen LogP contribution in [0.5, 0.6) is 0 Å². The Bertz CT molecular complexity index is 2630. The Hall–Kier alpha value is -6.20. The van der Waals surface area contributed by atoms with E-state index >= 15 is 0 Å². The maximum absolute atomic E-state index is 5.28. The van der Waals surface area contributed by atoms with Gasteiger partial charge in [0.2, 0.25) is 6.71 Å². The summed E-state index contributed by atoms with van der Waals surface area (Å²) in [5.74, 6) is 1.35. The van der Waals surface area contributed by atoms with Crippen LogP contribution < -0.4 is 21.3 Å². The molecule has 0 saturated carbocycles. The summed E-state index contributed by atoms with van der Waals surface area (Å²) in [6, 6.07) is 52.9. The number of hydrogen-bond acceptors (Lipinski definition) is 3. The number of aromatic nitrogens is 3. The average Bonchev–Trinajstić information content (AvgIpc) is 3.57.